The summed E-state index contributed by atoms with van der Waals surface area (Å²) in [5, 5.41) is 3.17. The first-order valence-electron chi connectivity index (χ1n) is 12.1. The van der Waals surface area contributed by atoms with Gasteiger partial charge in [0.2, 0.25) is 0 Å². The van der Waals surface area contributed by atoms with E-state index in [1.165, 1.54) is 0 Å². The number of aliphatic imine (C=N–C) groups is 1. The summed E-state index contributed by atoms with van der Waals surface area (Å²) < 4.78 is 0. The van der Waals surface area contributed by atoms with E-state index in [0.717, 1.165) is 40.0 Å². The number of amidine groups is 1. The number of nitrogens with two attached hydrogens (primary N) is 1. The number of para-hydroxylation sites is 2. The van der Waals surface area contributed by atoms with Gasteiger partial charge in [-0.15, -0.1) is 11.6 Å². The highest BCUT2D eigenvalue weighted by Gasteiger charge is 2.20. The van der Waals surface area contributed by atoms with E-state index in [1.807, 2.05) is 78.8 Å². The van der Waals surface area contributed by atoms with Crippen molar-refractivity contribution in [2.45, 2.75) is 67.3 Å². The van der Waals surface area contributed by atoms with E-state index in [0.29, 0.717) is 24.4 Å². The fourth-order valence-electron chi connectivity index (χ4n) is 3.49. The molecule has 186 valence electrons. The second-order valence-corrected chi connectivity index (χ2v) is 7.84. The summed E-state index contributed by atoms with van der Waals surface area (Å²) in [6.07, 6.45) is 1.42. The number of aryl methyl sites for hydroxylation is 2. The monoisotopic (exact) mass is 485 g/mol. The Morgan fingerprint density at radius 2 is 1.82 bits per heavy atom. The molecule has 1 amide bonds. The maximum atomic E-state index is 13.1. The molecule has 0 radical (unpaired) electrons. The molecule has 1 unspecified atom stereocenters. The second-order valence-electron chi connectivity index (χ2n) is 7.57. The number of aromatic nitrogens is 2. The molecule has 4 N–H and O–H groups in total. The maximum Gasteiger partial charge on any atom is 0.252 e. The summed E-state index contributed by atoms with van der Waals surface area (Å²) in [5.41, 5.74) is 11.3. The molecule has 0 spiro atoms. The van der Waals surface area contributed by atoms with Gasteiger partial charge < -0.3 is 16.0 Å². The Kier molecular flexibility index (Phi) is 13.0. The lowest BCUT2D eigenvalue weighted by Gasteiger charge is -2.18. The van der Waals surface area contributed by atoms with Crippen molar-refractivity contribution in [3.8, 4) is 0 Å². The number of hydrogen-bond donors (Lipinski definition) is 3. The first-order valence-corrected chi connectivity index (χ1v) is 12.6. The molecule has 0 aliphatic rings. The van der Waals surface area contributed by atoms with Crippen LogP contribution < -0.4 is 11.1 Å². The van der Waals surface area contributed by atoms with Crippen LogP contribution in [0.15, 0.2) is 41.4 Å². The lowest BCUT2D eigenvalue weighted by atomic mass is 9.99. The maximum absolute atomic E-state index is 13.1. The Labute approximate surface area is 209 Å². The van der Waals surface area contributed by atoms with Crippen LogP contribution in [0.3, 0.4) is 0 Å². The summed E-state index contributed by atoms with van der Waals surface area (Å²) in [6.45, 7) is 14.5. The van der Waals surface area contributed by atoms with Gasteiger partial charge in [0.25, 0.3) is 5.91 Å². The van der Waals surface area contributed by atoms with Crippen LogP contribution in [-0.2, 0) is 0 Å². The van der Waals surface area contributed by atoms with Crippen molar-refractivity contribution in [2.75, 3.05) is 12.4 Å². The van der Waals surface area contributed by atoms with Gasteiger partial charge in [0.1, 0.15) is 11.7 Å². The van der Waals surface area contributed by atoms with Gasteiger partial charge in [0, 0.05) is 12.1 Å². The van der Waals surface area contributed by atoms with Gasteiger partial charge in [0.05, 0.1) is 23.0 Å². The van der Waals surface area contributed by atoms with Crippen molar-refractivity contribution >= 4 is 34.4 Å². The second kappa shape index (κ2) is 15.1. The number of hydrogen-bond acceptors (Lipinski definition) is 3. The number of carbonyl (C=O) groups excluding carboxylic acids is 1. The Hall–Kier alpha value is -2.86. The molecule has 2 aromatic carbocycles. The number of benzene rings is 2. The van der Waals surface area contributed by atoms with Crippen LogP contribution in [0.1, 0.15) is 79.5 Å². The summed E-state index contributed by atoms with van der Waals surface area (Å²) in [7, 11) is 0. The summed E-state index contributed by atoms with van der Waals surface area (Å²) in [5.74, 6) is 1.27. The number of imidazole rings is 1. The first-order chi connectivity index (χ1) is 16.4. The Morgan fingerprint density at radius 1 is 1.15 bits per heavy atom. The lowest BCUT2D eigenvalue weighted by Crippen LogP contribution is -2.30. The SMILES string of the molecule is CC.CC.Cc1cc(C)c(C)c(C(=O)NC(CCCN=C(N)CCl)c2nc3ccccc3[nH]2)c1. The number of H-pyrrole nitrogens is 1. The number of alkyl halides is 1. The van der Waals surface area contributed by atoms with Crippen LogP contribution in [0.4, 0.5) is 0 Å². The fourth-order valence-corrected chi connectivity index (χ4v) is 3.57. The van der Waals surface area contributed by atoms with E-state index in [-0.39, 0.29) is 17.8 Å². The predicted octanol–water partition coefficient (Wildman–Crippen LogP) is 6.39. The molecule has 0 aliphatic heterocycles. The molecular weight excluding hydrogens is 446 g/mol. The molecule has 0 saturated carbocycles. The fraction of sp³-hybridized carbons (Fsp3) is 0.444. The van der Waals surface area contributed by atoms with Crippen molar-refractivity contribution in [1.82, 2.24) is 15.3 Å². The van der Waals surface area contributed by atoms with E-state index in [4.69, 9.17) is 22.3 Å². The number of aromatic amines is 1. The van der Waals surface area contributed by atoms with Gasteiger partial charge in [-0.2, -0.15) is 0 Å². The van der Waals surface area contributed by atoms with Crippen molar-refractivity contribution in [1.29, 1.82) is 0 Å². The molecule has 34 heavy (non-hydrogen) atoms. The van der Waals surface area contributed by atoms with Gasteiger partial charge >= 0.3 is 0 Å². The quantitative estimate of drug-likeness (QED) is 0.149. The molecular formula is C27H40ClN5O. The van der Waals surface area contributed by atoms with Crippen LogP contribution in [0.25, 0.3) is 11.0 Å². The molecule has 1 aromatic heterocycles. The molecule has 0 fully saturated rings. The zero-order chi connectivity index (χ0) is 25.7. The molecule has 1 atom stereocenters. The molecule has 0 bridgehead atoms. The predicted molar refractivity (Wildman–Crippen MR) is 146 cm³/mol. The van der Waals surface area contributed by atoms with Gasteiger partial charge in [-0.3, -0.25) is 9.79 Å². The van der Waals surface area contributed by atoms with Crippen molar-refractivity contribution in [3.05, 3.63) is 64.5 Å². The third-order valence-electron chi connectivity index (χ3n) is 5.20. The minimum Gasteiger partial charge on any atom is -0.386 e. The summed E-state index contributed by atoms with van der Waals surface area (Å²) in [6, 6.07) is 11.6. The molecule has 3 rings (SSSR count). The minimum absolute atomic E-state index is 0.103. The average molecular weight is 486 g/mol. The summed E-state index contributed by atoms with van der Waals surface area (Å²) >= 11 is 5.68. The minimum atomic E-state index is -0.266. The topological polar surface area (TPSA) is 96.2 Å². The number of halogens is 1. The first kappa shape index (κ1) is 29.2. The lowest BCUT2D eigenvalue weighted by molar-refractivity contribution is 0.0931. The molecule has 3 aromatic rings. The normalized spacial score (nSPS) is 11.7. The van der Waals surface area contributed by atoms with E-state index in [2.05, 4.69) is 21.4 Å². The zero-order valence-electron chi connectivity index (χ0n) is 21.6. The Morgan fingerprint density at radius 3 is 2.47 bits per heavy atom. The van der Waals surface area contributed by atoms with E-state index in [9.17, 15) is 4.79 Å². The number of amides is 1. The van der Waals surface area contributed by atoms with Gasteiger partial charge in [-0.05, 0) is 62.9 Å². The number of nitrogens with one attached hydrogen (secondary N) is 2. The highest BCUT2D eigenvalue weighted by molar-refractivity contribution is 6.27. The number of fused-ring (bicyclic) bond motifs is 1. The number of nitrogens with zero attached hydrogens (tertiary/aromatic N) is 2. The van der Waals surface area contributed by atoms with Crippen LogP contribution in [0, 0.1) is 20.8 Å². The smallest absolute Gasteiger partial charge is 0.252 e. The van der Waals surface area contributed by atoms with Crippen LogP contribution >= 0.6 is 11.6 Å². The van der Waals surface area contributed by atoms with Crippen molar-refractivity contribution < 1.29 is 4.79 Å². The molecule has 1 heterocycles. The molecule has 7 heteroatoms. The largest absolute Gasteiger partial charge is 0.386 e. The zero-order valence-corrected chi connectivity index (χ0v) is 22.4. The Balaban J connectivity index is 0.00000137. The number of rotatable bonds is 8. The van der Waals surface area contributed by atoms with Crippen LogP contribution in [-0.4, -0.2) is 34.1 Å². The standard InChI is InChI=1S/C23H28ClN5O.2C2H6/c1-14-11-15(2)16(3)17(12-14)23(30)29-20(9-6-10-26-21(25)13-24)22-27-18-7-4-5-8-19(18)28-22;2*1-2/h4-5,7-8,11-12,20H,6,9-10,13H2,1-3H3,(H2,25,26)(H,27,28)(H,29,30);2*1-2H3. The summed E-state index contributed by atoms with van der Waals surface area (Å²) in [4.78, 5) is 25.4. The third kappa shape index (κ3) is 8.17. The number of carbonyl (C=O) groups is 1. The van der Waals surface area contributed by atoms with Crippen LogP contribution in [0.5, 0.6) is 0 Å². The van der Waals surface area contributed by atoms with Crippen LogP contribution in [0.2, 0.25) is 0 Å². The van der Waals surface area contributed by atoms with Gasteiger partial charge in [-0.25, -0.2) is 4.98 Å². The van der Waals surface area contributed by atoms with Gasteiger partial charge in [-0.1, -0.05) is 51.5 Å². The van der Waals surface area contributed by atoms with Crippen molar-refractivity contribution in [3.63, 3.8) is 0 Å². The highest BCUT2D eigenvalue weighted by atomic mass is 35.5. The van der Waals surface area contributed by atoms with E-state index in [1.54, 1.807) is 0 Å². The third-order valence-corrected chi connectivity index (χ3v) is 5.48. The van der Waals surface area contributed by atoms with Gasteiger partial charge in [0.15, 0.2) is 0 Å². The molecule has 0 aliphatic carbocycles. The highest BCUT2D eigenvalue weighted by Crippen LogP contribution is 2.22. The average Bonchev–Trinajstić information content (AvgIpc) is 3.29. The van der Waals surface area contributed by atoms with E-state index < -0.39 is 0 Å². The van der Waals surface area contributed by atoms with Crippen molar-refractivity contribution in [2.24, 2.45) is 10.7 Å². The van der Waals surface area contributed by atoms with E-state index >= 15 is 0 Å². The molecule has 0 saturated heterocycles. The Bertz CT molecular complexity index is 1040. The molecule has 6 nitrogen and oxygen atoms in total.